The zero-order valence-corrected chi connectivity index (χ0v) is 12.2. The predicted octanol–water partition coefficient (Wildman–Crippen LogP) is 3.15. The summed E-state index contributed by atoms with van der Waals surface area (Å²) < 4.78 is 13.1. The molecule has 0 saturated heterocycles. The third-order valence-electron chi connectivity index (χ3n) is 3.39. The van der Waals surface area contributed by atoms with Crippen LogP contribution in [0.15, 0.2) is 54.6 Å². The molecule has 0 heterocycles. The van der Waals surface area contributed by atoms with Crippen molar-refractivity contribution >= 4 is 12.2 Å². The number of carbonyl (C=O) groups is 2. The van der Waals surface area contributed by atoms with Gasteiger partial charge in [0, 0.05) is 5.56 Å². The third kappa shape index (κ3) is 4.81. The van der Waals surface area contributed by atoms with Crippen LogP contribution in [-0.2, 0) is 11.2 Å². The van der Waals surface area contributed by atoms with Gasteiger partial charge in [0.15, 0.2) is 0 Å². The Morgan fingerprint density at radius 2 is 1.91 bits per heavy atom. The van der Waals surface area contributed by atoms with E-state index in [9.17, 15) is 14.0 Å². The molecule has 0 aromatic heterocycles. The van der Waals surface area contributed by atoms with Gasteiger partial charge < -0.3 is 10.1 Å². The van der Waals surface area contributed by atoms with Crippen LogP contribution >= 0.6 is 0 Å². The number of hydrogen-bond acceptors (Lipinski definition) is 2. The van der Waals surface area contributed by atoms with E-state index < -0.39 is 17.8 Å². The van der Waals surface area contributed by atoms with Crippen LogP contribution in [0.3, 0.4) is 0 Å². The van der Waals surface area contributed by atoms with Crippen LogP contribution in [-0.4, -0.2) is 18.2 Å². The quantitative estimate of drug-likeness (QED) is 0.798. The molecule has 0 aliphatic carbocycles. The van der Waals surface area contributed by atoms with Gasteiger partial charge in [-0.25, -0.2) is 4.39 Å². The van der Waals surface area contributed by atoms with Crippen LogP contribution in [0, 0.1) is 5.82 Å². The summed E-state index contributed by atoms with van der Waals surface area (Å²) in [6.07, 6.45) is 2.92. The van der Waals surface area contributed by atoms with Crippen molar-refractivity contribution in [1.29, 1.82) is 0 Å². The fourth-order valence-electron chi connectivity index (χ4n) is 2.23. The first-order chi connectivity index (χ1) is 10.7. The van der Waals surface area contributed by atoms with E-state index in [0.717, 1.165) is 25.2 Å². The number of carbonyl (C=O) groups excluding carboxylic acids is 2. The van der Waals surface area contributed by atoms with E-state index in [1.807, 2.05) is 30.3 Å². The molecule has 22 heavy (non-hydrogen) atoms. The summed E-state index contributed by atoms with van der Waals surface area (Å²) in [4.78, 5) is 23.1. The topological polar surface area (TPSA) is 46.2 Å². The highest BCUT2D eigenvalue weighted by atomic mass is 19.1. The van der Waals surface area contributed by atoms with E-state index in [2.05, 4.69) is 5.32 Å². The van der Waals surface area contributed by atoms with Crippen LogP contribution in [0.1, 0.15) is 28.8 Å². The molecule has 4 heteroatoms. The van der Waals surface area contributed by atoms with Crippen LogP contribution in [0.5, 0.6) is 0 Å². The van der Waals surface area contributed by atoms with E-state index in [1.165, 1.54) is 23.8 Å². The van der Waals surface area contributed by atoms with Crippen molar-refractivity contribution in [3.63, 3.8) is 0 Å². The first-order valence-electron chi connectivity index (χ1n) is 7.24. The molecule has 2 aromatic rings. The van der Waals surface area contributed by atoms with Crippen molar-refractivity contribution in [3.05, 3.63) is 71.5 Å². The van der Waals surface area contributed by atoms with Gasteiger partial charge in [0.05, 0.1) is 6.04 Å². The Bertz CT molecular complexity index is 628. The van der Waals surface area contributed by atoms with Gasteiger partial charge in [-0.05, 0) is 43.0 Å². The van der Waals surface area contributed by atoms with Crippen LogP contribution in [0.4, 0.5) is 4.39 Å². The van der Waals surface area contributed by atoms with E-state index in [4.69, 9.17) is 0 Å². The molecule has 0 spiro atoms. The Hall–Kier alpha value is -2.49. The number of rotatable bonds is 7. The standard InChI is InChI=1S/C18H18FNO2/c19-16-10-5-9-15(12-16)18(22)20-17(13-21)11-4-8-14-6-2-1-3-7-14/h1-3,5-7,9-10,12-13,17H,4,8,11H2,(H,20,22)/t17-/m1/s1. The predicted molar refractivity (Wildman–Crippen MR) is 83.1 cm³/mol. The average Bonchev–Trinajstić information content (AvgIpc) is 2.54. The number of nitrogens with one attached hydrogen (secondary N) is 1. The maximum atomic E-state index is 13.1. The monoisotopic (exact) mass is 299 g/mol. The maximum Gasteiger partial charge on any atom is 0.251 e. The molecule has 1 N–H and O–H groups in total. The number of halogens is 1. The molecule has 0 fully saturated rings. The lowest BCUT2D eigenvalue weighted by Crippen LogP contribution is -2.36. The summed E-state index contributed by atoms with van der Waals surface area (Å²) in [7, 11) is 0. The minimum Gasteiger partial charge on any atom is -0.343 e. The molecule has 0 radical (unpaired) electrons. The lowest BCUT2D eigenvalue weighted by atomic mass is 10.0. The summed E-state index contributed by atoms with van der Waals surface area (Å²) in [5.74, 6) is -0.907. The second-order valence-electron chi connectivity index (χ2n) is 5.10. The first kappa shape index (κ1) is 15.9. The molecule has 1 amide bonds. The van der Waals surface area contributed by atoms with Gasteiger partial charge in [-0.15, -0.1) is 0 Å². The second-order valence-corrected chi connectivity index (χ2v) is 5.10. The first-order valence-corrected chi connectivity index (χ1v) is 7.24. The van der Waals surface area contributed by atoms with Crippen molar-refractivity contribution in [1.82, 2.24) is 5.32 Å². The van der Waals surface area contributed by atoms with Crippen LogP contribution < -0.4 is 5.32 Å². The van der Waals surface area contributed by atoms with E-state index in [1.54, 1.807) is 0 Å². The Balaban J connectivity index is 1.84. The highest BCUT2D eigenvalue weighted by molar-refractivity contribution is 5.95. The Morgan fingerprint density at radius 1 is 1.14 bits per heavy atom. The van der Waals surface area contributed by atoms with Crippen LogP contribution in [0.2, 0.25) is 0 Å². The van der Waals surface area contributed by atoms with Gasteiger partial charge in [0.2, 0.25) is 0 Å². The number of benzene rings is 2. The van der Waals surface area contributed by atoms with Gasteiger partial charge in [-0.2, -0.15) is 0 Å². The number of aryl methyl sites for hydroxylation is 1. The zero-order valence-electron chi connectivity index (χ0n) is 12.2. The minimum absolute atomic E-state index is 0.218. The zero-order chi connectivity index (χ0) is 15.8. The lowest BCUT2D eigenvalue weighted by Gasteiger charge is -2.12. The van der Waals surface area contributed by atoms with Crippen molar-refractivity contribution < 1.29 is 14.0 Å². The smallest absolute Gasteiger partial charge is 0.251 e. The molecule has 114 valence electrons. The van der Waals surface area contributed by atoms with E-state index >= 15 is 0 Å². The largest absolute Gasteiger partial charge is 0.343 e. The molecular weight excluding hydrogens is 281 g/mol. The fraction of sp³-hybridized carbons (Fsp3) is 0.222. The molecular formula is C18H18FNO2. The highest BCUT2D eigenvalue weighted by Gasteiger charge is 2.13. The molecule has 2 aromatic carbocycles. The fourth-order valence-corrected chi connectivity index (χ4v) is 2.23. The molecule has 0 bridgehead atoms. The van der Waals surface area contributed by atoms with Gasteiger partial charge in [0.25, 0.3) is 5.91 Å². The summed E-state index contributed by atoms with van der Waals surface area (Å²) in [5.41, 5.74) is 1.42. The average molecular weight is 299 g/mol. The number of amides is 1. The maximum absolute atomic E-state index is 13.1. The third-order valence-corrected chi connectivity index (χ3v) is 3.39. The molecule has 0 unspecified atom stereocenters. The van der Waals surface area contributed by atoms with Crippen molar-refractivity contribution in [2.24, 2.45) is 0 Å². The summed E-state index contributed by atoms with van der Waals surface area (Å²) in [6.45, 7) is 0. The Morgan fingerprint density at radius 3 is 2.59 bits per heavy atom. The molecule has 2 rings (SSSR count). The Labute approximate surface area is 129 Å². The van der Waals surface area contributed by atoms with Gasteiger partial charge >= 0.3 is 0 Å². The van der Waals surface area contributed by atoms with Crippen molar-refractivity contribution in [3.8, 4) is 0 Å². The Kier molecular flexibility index (Phi) is 5.83. The SMILES string of the molecule is O=C[C@@H](CCCc1ccccc1)NC(=O)c1cccc(F)c1. The summed E-state index contributed by atoms with van der Waals surface area (Å²) in [6, 6.07) is 14.8. The van der Waals surface area contributed by atoms with Crippen molar-refractivity contribution in [2.75, 3.05) is 0 Å². The molecule has 3 nitrogen and oxygen atoms in total. The minimum atomic E-state index is -0.556. The van der Waals surface area contributed by atoms with E-state index in [-0.39, 0.29) is 5.56 Å². The normalized spacial score (nSPS) is 11.7. The molecule has 1 atom stereocenters. The van der Waals surface area contributed by atoms with Gasteiger partial charge in [0.1, 0.15) is 12.1 Å². The molecule has 0 aliphatic heterocycles. The highest BCUT2D eigenvalue weighted by Crippen LogP contribution is 2.08. The second kappa shape index (κ2) is 8.08. The van der Waals surface area contributed by atoms with Gasteiger partial charge in [-0.3, -0.25) is 4.79 Å². The van der Waals surface area contributed by atoms with Crippen LogP contribution in [0.25, 0.3) is 0 Å². The molecule has 0 aliphatic rings. The lowest BCUT2D eigenvalue weighted by molar-refractivity contribution is -0.109. The van der Waals surface area contributed by atoms with E-state index in [0.29, 0.717) is 6.42 Å². The molecule has 0 saturated carbocycles. The summed E-state index contributed by atoms with van der Waals surface area (Å²) >= 11 is 0. The van der Waals surface area contributed by atoms with Gasteiger partial charge in [-0.1, -0.05) is 36.4 Å². The number of hydrogen-bond donors (Lipinski definition) is 1. The van der Waals surface area contributed by atoms with Crippen molar-refractivity contribution in [2.45, 2.75) is 25.3 Å². The summed E-state index contributed by atoms with van der Waals surface area (Å²) in [5, 5.41) is 2.62. The number of aldehydes is 1.